The van der Waals surface area contributed by atoms with E-state index < -0.39 is 5.97 Å². The average molecular weight is 296 g/mol. The van der Waals surface area contributed by atoms with Crippen LogP contribution in [0.15, 0.2) is 22.3 Å². The van der Waals surface area contributed by atoms with Gasteiger partial charge in [-0.15, -0.1) is 11.8 Å². The number of thioether (sulfide) groups is 1. The lowest BCUT2D eigenvalue weighted by atomic mass is 9.94. The number of nitrogens with zero attached hydrogens (tertiary/aromatic N) is 1. The summed E-state index contributed by atoms with van der Waals surface area (Å²) in [6.07, 6.45) is 2.30. The van der Waals surface area contributed by atoms with Gasteiger partial charge in [-0.05, 0) is 6.92 Å². The average Bonchev–Trinajstić information content (AvgIpc) is 2.70. The molecule has 108 valence electrons. The van der Waals surface area contributed by atoms with Crippen LogP contribution in [0, 0.1) is 0 Å². The number of amides is 2. The highest BCUT2D eigenvalue weighted by atomic mass is 32.2. The number of rotatable bonds is 5. The molecule has 7 heteroatoms. The Kier molecular flexibility index (Phi) is 4.17. The molecule has 1 atom stereocenters. The third-order valence-corrected chi connectivity index (χ3v) is 4.40. The summed E-state index contributed by atoms with van der Waals surface area (Å²) >= 11 is 1.39. The van der Waals surface area contributed by atoms with Crippen LogP contribution in [0.4, 0.5) is 0 Å². The van der Waals surface area contributed by atoms with Crippen molar-refractivity contribution >= 4 is 29.5 Å². The van der Waals surface area contributed by atoms with E-state index in [1.54, 1.807) is 13.0 Å². The number of carbonyl (C=O) groups is 3. The first-order valence-electron chi connectivity index (χ1n) is 6.30. The predicted octanol–water partition coefficient (Wildman–Crippen LogP) is 0.713. The van der Waals surface area contributed by atoms with Gasteiger partial charge in [0.25, 0.3) is 5.91 Å². The van der Waals surface area contributed by atoms with Gasteiger partial charge in [0.05, 0.1) is 6.04 Å². The van der Waals surface area contributed by atoms with Crippen molar-refractivity contribution in [3.8, 4) is 0 Å². The van der Waals surface area contributed by atoms with Gasteiger partial charge in [0, 0.05) is 36.1 Å². The monoisotopic (exact) mass is 296 g/mol. The maximum Gasteiger partial charge on any atom is 0.353 e. The van der Waals surface area contributed by atoms with Crippen LogP contribution in [0.1, 0.15) is 20.3 Å². The van der Waals surface area contributed by atoms with E-state index in [0.29, 0.717) is 29.2 Å². The fourth-order valence-corrected chi connectivity index (χ4v) is 3.48. The standard InChI is InChI=1S/C13H16N2O4S/c1-3-8-9-6-10(20-5-4-14-7(2)16)11(13(18)19)15(9)12(8)17/h3,9H,4-6H2,1-2H3,(H,14,16)(H,18,19)/t9-/m1/s1. The molecule has 2 heterocycles. The molecule has 2 aliphatic rings. The lowest BCUT2D eigenvalue weighted by Crippen LogP contribution is -2.52. The molecule has 1 fully saturated rings. The number of fused-ring (bicyclic) bond motifs is 1. The zero-order valence-electron chi connectivity index (χ0n) is 11.3. The predicted molar refractivity (Wildman–Crippen MR) is 74.8 cm³/mol. The van der Waals surface area contributed by atoms with Gasteiger partial charge in [-0.25, -0.2) is 4.79 Å². The molecule has 0 unspecified atom stereocenters. The van der Waals surface area contributed by atoms with Crippen LogP contribution >= 0.6 is 11.8 Å². The third-order valence-electron chi connectivity index (χ3n) is 3.29. The molecule has 0 aromatic heterocycles. The smallest absolute Gasteiger partial charge is 0.353 e. The lowest BCUT2D eigenvalue weighted by molar-refractivity contribution is -0.142. The first kappa shape index (κ1) is 14.6. The molecular formula is C13H16N2O4S. The van der Waals surface area contributed by atoms with E-state index in [1.165, 1.54) is 23.6 Å². The van der Waals surface area contributed by atoms with Crippen molar-refractivity contribution < 1.29 is 19.5 Å². The molecule has 2 N–H and O–H groups in total. The fraction of sp³-hybridized carbons (Fsp3) is 0.462. The van der Waals surface area contributed by atoms with E-state index in [-0.39, 0.29) is 23.6 Å². The summed E-state index contributed by atoms with van der Waals surface area (Å²) in [6.45, 7) is 3.70. The minimum absolute atomic E-state index is 0.0958. The summed E-state index contributed by atoms with van der Waals surface area (Å²) in [5, 5.41) is 11.9. The van der Waals surface area contributed by atoms with E-state index in [1.807, 2.05) is 0 Å². The minimum atomic E-state index is -1.07. The quantitative estimate of drug-likeness (QED) is 0.443. The van der Waals surface area contributed by atoms with Crippen molar-refractivity contribution in [1.29, 1.82) is 0 Å². The van der Waals surface area contributed by atoms with E-state index in [4.69, 9.17) is 0 Å². The maximum atomic E-state index is 11.8. The number of carboxylic acids is 1. The van der Waals surface area contributed by atoms with Gasteiger partial charge in [0.15, 0.2) is 0 Å². The summed E-state index contributed by atoms with van der Waals surface area (Å²) in [4.78, 5) is 36.0. The second-order valence-corrected chi connectivity index (χ2v) is 5.74. The number of carboxylic acid groups (broad SMARTS) is 1. The molecule has 0 aromatic rings. The van der Waals surface area contributed by atoms with Crippen molar-refractivity contribution in [3.63, 3.8) is 0 Å². The molecule has 2 amide bonds. The molecule has 0 radical (unpaired) electrons. The number of β-lactam (4-membered cyclic amide) rings is 1. The number of hydrogen-bond donors (Lipinski definition) is 2. The zero-order valence-corrected chi connectivity index (χ0v) is 12.1. The van der Waals surface area contributed by atoms with Crippen LogP contribution in [0.5, 0.6) is 0 Å². The van der Waals surface area contributed by atoms with Crippen molar-refractivity contribution in [2.75, 3.05) is 12.3 Å². The van der Waals surface area contributed by atoms with Crippen molar-refractivity contribution in [1.82, 2.24) is 10.2 Å². The summed E-state index contributed by atoms with van der Waals surface area (Å²) in [5.74, 6) is -0.809. The molecule has 0 saturated carbocycles. The molecule has 0 aromatic carbocycles. The highest BCUT2D eigenvalue weighted by Crippen LogP contribution is 2.45. The Morgan fingerprint density at radius 2 is 2.25 bits per heavy atom. The molecule has 0 aliphatic carbocycles. The van der Waals surface area contributed by atoms with Gasteiger partial charge < -0.3 is 10.4 Å². The maximum absolute atomic E-state index is 11.8. The van der Waals surface area contributed by atoms with Gasteiger partial charge >= 0.3 is 5.97 Å². The van der Waals surface area contributed by atoms with Crippen LogP contribution in [0.25, 0.3) is 0 Å². The highest BCUT2D eigenvalue weighted by molar-refractivity contribution is 8.03. The van der Waals surface area contributed by atoms with Gasteiger partial charge in [-0.1, -0.05) is 6.08 Å². The van der Waals surface area contributed by atoms with Gasteiger partial charge in [-0.2, -0.15) is 0 Å². The summed E-state index contributed by atoms with van der Waals surface area (Å²) < 4.78 is 0. The van der Waals surface area contributed by atoms with Gasteiger partial charge in [-0.3, -0.25) is 14.5 Å². The third kappa shape index (κ3) is 2.45. The second kappa shape index (κ2) is 5.70. The van der Waals surface area contributed by atoms with E-state index in [9.17, 15) is 19.5 Å². The van der Waals surface area contributed by atoms with Crippen LogP contribution in [-0.4, -0.2) is 46.1 Å². The van der Waals surface area contributed by atoms with Crippen LogP contribution in [-0.2, 0) is 14.4 Å². The minimum Gasteiger partial charge on any atom is -0.477 e. The lowest BCUT2D eigenvalue weighted by Gasteiger charge is -2.37. The summed E-state index contributed by atoms with van der Waals surface area (Å²) in [5.41, 5.74) is 0.777. The topological polar surface area (TPSA) is 86.7 Å². The Balaban J connectivity index is 2.06. The molecule has 20 heavy (non-hydrogen) atoms. The van der Waals surface area contributed by atoms with Crippen molar-refractivity contribution in [2.24, 2.45) is 0 Å². The Morgan fingerprint density at radius 1 is 1.55 bits per heavy atom. The number of nitrogens with one attached hydrogen (secondary N) is 1. The van der Waals surface area contributed by atoms with Crippen LogP contribution in [0.2, 0.25) is 0 Å². The molecule has 0 bridgehead atoms. The molecule has 6 nitrogen and oxygen atoms in total. The van der Waals surface area contributed by atoms with Crippen molar-refractivity contribution in [3.05, 3.63) is 22.3 Å². The van der Waals surface area contributed by atoms with Crippen LogP contribution in [0.3, 0.4) is 0 Å². The highest BCUT2D eigenvalue weighted by Gasteiger charge is 2.51. The Morgan fingerprint density at radius 3 is 2.80 bits per heavy atom. The Bertz CT molecular complexity index is 538. The van der Waals surface area contributed by atoms with Gasteiger partial charge in [0.2, 0.25) is 5.91 Å². The first-order chi connectivity index (χ1) is 9.47. The largest absolute Gasteiger partial charge is 0.477 e. The normalized spacial score (nSPS) is 22.9. The first-order valence-corrected chi connectivity index (χ1v) is 7.29. The molecule has 2 rings (SSSR count). The van der Waals surface area contributed by atoms with Gasteiger partial charge in [0.1, 0.15) is 5.70 Å². The number of aliphatic carboxylic acids is 1. The molecular weight excluding hydrogens is 280 g/mol. The number of hydrogen-bond acceptors (Lipinski definition) is 4. The van der Waals surface area contributed by atoms with E-state index in [2.05, 4.69) is 5.32 Å². The Labute approximate surface area is 120 Å². The van der Waals surface area contributed by atoms with E-state index in [0.717, 1.165) is 0 Å². The SMILES string of the molecule is CC=C1C(=O)N2C(C(=O)O)=C(SCCNC(C)=O)C[C@H]12. The van der Waals surface area contributed by atoms with E-state index >= 15 is 0 Å². The summed E-state index contributed by atoms with van der Waals surface area (Å²) in [6, 6.07) is -0.123. The summed E-state index contributed by atoms with van der Waals surface area (Å²) in [7, 11) is 0. The second-order valence-electron chi connectivity index (χ2n) is 4.55. The molecule has 0 spiro atoms. The zero-order chi connectivity index (χ0) is 14.9. The number of carbonyl (C=O) groups excluding carboxylic acids is 2. The Hall–Kier alpha value is -1.76. The van der Waals surface area contributed by atoms with Crippen LogP contribution < -0.4 is 5.32 Å². The fourth-order valence-electron chi connectivity index (χ4n) is 2.43. The molecule has 1 saturated heterocycles. The molecule has 2 aliphatic heterocycles. The van der Waals surface area contributed by atoms with Crippen molar-refractivity contribution in [2.45, 2.75) is 26.3 Å². The number of allylic oxidation sites excluding steroid dienone is 1.